The fraction of sp³-hybridized carbons (Fsp3) is 0.600. The van der Waals surface area contributed by atoms with Crippen LogP contribution in [0.15, 0.2) is 29.2 Å². The van der Waals surface area contributed by atoms with Crippen LogP contribution in [0, 0.1) is 0 Å². The minimum atomic E-state index is -3.19. The summed E-state index contributed by atoms with van der Waals surface area (Å²) in [5.74, 6) is 0. The van der Waals surface area contributed by atoms with Crippen LogP contribution in [0.3, 0.4) is 0 Å². The number of rotatable bonds is 7. The van der Waals surface area contributed by atoms with Gasteiger partial charge in [-0.05, 0) is 38.5 Å². The second kappa shape index (κ2) is 6.04. The lowest BCUT2D eigenvalue weighted by molar-refractivity contribution is -0.173. The van der Waals surface area contributed by atoms with Gasteiger partial charge >= 0.3 is 0 Å². The fourth-order valence-electron chi connectivity index (χ4n) is 2.20. The Morgan fingerprint density at radius 3 is 2.33 bits per heavy atom. The van der Waals surface area contributed by atoms with E-state index in [-0.39, 0.29) is 18.0 Å². The molecule has 0 aliphatic carbocycles. The van der Waals surface area contributed by atoms with Crippen LogP contribution in [0.4, 0.5) is 0 Å². The molecule has 0 radical (unpaired) electrons. The summed E-state index contributed by atoms with van der Waals surface area (Å²) < 4.78 is 39.9. The number of hydrogen-bond acceptors (Lipinski definition) is 5. The maximum atomic E-state index is 11.5. The van der Waals surface area contributed by atoms with Gasteiger partial charge in [0, 0.05) is 12.9 Å². The van der Waals surface area contributed by atoms with Crippen LogP contribution in [-0.4, -0.2) is 39.8 Å². The fourth-order valence-corrected chi connectivity index (χ4v) is 2.83. The van der Waals surface area contributed by atoms with E-state index in [0.717, 1.165) is 5.56 Å². The highest BCUT2D eigenvalue weighted by molar-refractivity contribution is 7.90. The van der Waals surface area contributed by atoms with Gasteiger partial charge in [0.05, 0.1) is 11.5 Å². The van der Waals surface area contributed by atoms with Gasteiger partial charge in [0.25, 0.3) is 0 Å². The molecule has 1 aromatic carbocycles. The Labute approximate surface area is 126 Å². The molecule has 0 aromatic heterocycles. The SMILES string of the molecule is CCOC(C)OC(c1ccc(S(C)(=O)=O)cc1)[C@@]1(C)CO1. The Kier molecular flexibility index (Phi) is 4.72. The molecule has 0 amide bonds. The van der Waals surface area contributed by atoms with Crippen LogP contribution in [-0.2, 0) is 24.0 Å². The quantitative estimate of drug-likeness (QED) is 0.571. The first kappa shape index (κ1) is 16.4. The van der Waals surface area contributed by atoms with E-state index in [1.54, 1.807) is 24.3 Å². The Morgan fingerprint density at radius 1 is 1.33 bits per heavy atom. The van der Waals surface area contributed by atoms with Crippen LogP contribution in [0.25, 0.3) is 0 Å². The van der Waals surface area contributed by atoms with E-state index in [2.05, 4.69) is 0 Å². The molecule has 2 rings (SSSR count). The molecule has 0 N–H and O–H groups in total. The maximum Gasteiger partial charge on any atom is 0.175 e. The summed E-state index contributed by atoms with van der Waals surface area (Å²) in [5, 5.41) is 0. The van der Waals surface area contributed by atoms with E-state index in [0.29, 0.717) is 18.1 Å². The van der Waals surface area contributed by atoms with Crippen molar-refractivity contribution in [2.75, 3.05) is 19.5 Å². The van der Waals surface area contributed by atoms with Crippen molar-refractivity contribution in [3.63, 3.8) is 0 Å². The average molecular weight is 314 g/mol. The van der Waals surface area contributed by atoms with Gasteiger partial charge in [-0.25, -0.2) is 8.42 Å². The zero-order chi connectivity index (χ0) is 15.7. The topological polar surface area (TPSA) is 65.1 Å². The second-order valence-corrected chi connectivity index (χ2v) is 7.50. The highest BCUT2D eigenvalue weighted by atomic mass is 32.2. The Bertz CT molecular complexity index is 575. The van der Waals surface area contributed by atoms with Gasteiger partial charge in [-0.3, -0.25) is 0 Å². The molecule has 0 spiro atoms. The Hall–Kier alpha value is -0.950. The van der Waals surface area contributed by atoms with Crippen molar-refractivity contribution in [3.05, 3.63) is 29.8 Å². The van der Waals surface area contributed by atoms with Crippen LogP contribution in [0.1, 0.15) is 32.4 Å². The Balaban J connectivity index is 2.21. The minimum Gasteiger partial charge on any atom is -0.367 e. The molecule has 2 unspecified atom stereocenters. The predicted octanol–water partition coefficient (Wildman–Crippen LogP) is 2.32. The van der Waals surface area contributed by atoms with Crippen LogP contribution in [0.5, 0.6) is 0 Å². The van der Waals surface area contributed by atoms with Crippen LogP contribution < -0.4 is 0 Å². The monoisotopic (exact) mass is 314 g/mol. The van der Waals surface area contributed by atoms with Gasteiger partial charge in [-0.15, -0.1) is 0 Å². The van der Waals surface area contributed by atoms with Crippen molar-refractivity contribution in [2.45, 2.75) is 43.7 Å². The molecule has 118 valence electrons. The van der Waals surface area contributed by atoms with E-state index in [4.69, 9.17) is 14.2 Å². The molecule has 6 heteroatoms. The van der Waals surface area contributed by atoms with E-state index < -0.39 is 9.84 Å². The van der Waals surface area contributed by atoms with Gasteiger partial charge < -0.3 is 14.2 Å². The summed E-state index contributed by atoms with van der Waals surface area (Å²) in [5.41, 5.74) is 0.506. The first-order chi connectivity index (χ1) is 9.76. The minimum absolute atomic E-state index is 0.285. The summed E-state index contributed by atoms with van der Waals surface area (Å²) in [6, 6.07) is 6.73. The highest BCUT2D eigenvalue weighted by Crippen LogP contribution is 2.42. The summed E-state index contributed by atoms with van der Waals surface area (Å²) in [6.07, 6.45) is 0.557. The van der Waals surface area contributed by atoms with Crippen molar-refractivity contribution < 1.29 is 22.6 Å². The van der Waals surface area contributed by atoms with Gasteiger partial charge in [0.1, 0.15) is 11.7 Å². The highest BCUT2D eigenvalue weighted by Gasteiger charge is 2.49. The molecule has 5 nitrogen and oxygen atoms in total. The molecular weight excluding hydrogens is 292 g/mol. The van der Waals surface area contributed by atoms with Crippen molar-refractivity contribution in [1.29, 1.82) is 0 Å². The van der Waals surface area contributed by atoms with Gasteiger partial charge in [-0.1, -0.05) is 12.1 Å². The zero-order valence-electron chi connectivity index (χ0n) is 12.8. The predicted molar refractivity (Wildman–Crippen MR) is 78.8 cm³/mol. The van der Waals surface area contributed by atoms with E-state index in [9.17, 15) is 8.42 Å². The number of benzene rings is 1. The summed E-state index contributed by atoms with van der Waals surface area (Å²) in [6.45, 7) is 6.90. The zero-order valence-corrected chi connectivity index (χ0v) is 13.6. The molecule has 1 aromatic rings. The molecule has 1 heterocycles. The van der Waals surface area contributed by atoms with Crippen molar-refractivity contribution in [1.82, 2.24) is 0 Å². The van der Waals surface area contributed by atoms with Crippen molar-refractivity contribution in [3.8, 4) is 0 Å². The van der Waals surface area contributed by atoms with Crippen LogP contribution >= 0.6 is 0 Å². The molecule has 0 saturated carbocycles. The molecule has 1 saturated heterocycles. The molecule has 1 aliphatic heterocycles. The summed E-state index contributed by atoms with van der Waals surface area (Å²) >= 11 is 0. The first-order valence-electron chi connectivity index (χ1n) is 6.97. The second-order valence-electron chi connectivity index (χ2n) is 5.48. The summed E-state index contributed by atoms with van der Waals surface area (Å²) in [4.78, 5) is 0.296. The number of hydrogen-bond donors (Lipinski definition) is 0. The van der Waals surface area contributed by atoms with E-state index >= 15 is 0 Å². The Morgan fingerprint density at radius 2 is 1.90 bits per heavy atom. The largest absolute Gasteiger partial charge is 0.367 e. The van der Waals surface area contributed by atoms with Gasteiger partial charge in [0.2, 0.25) is 0 Å². The molecule has 3 atom stereocenters. The molecular formula is C15H22O5S. The standard InChI is InChI=1S/C15H22O5S/c1-5-18-11(2)20-14(15(3)10-19-15)12-6-8-13(9-7-12)21(4,16)17/h6-9,11,14H,5,10H2,1-4H3/t11?,14?,15-/m1/s1. The van der Waals surface area contributed by atoms with Crippen molar-refractivity contribution >= 4 is 9.84 Å². The number of ether oxygens (including phenoxy) is 3. The third kappa shape index (κ3) is 4.03. The number of sulfone groups is 1. The van der Waals surface area contributed by atoms with Gasteiger partial charge in [0.15, 0.2) is 16.1 Å². The average Bonchev–Trinajstić information content (AvgIpc) is 3.14. The lowest BCUT2D eigenvalue weighted by Gasteiger charge is -2.25. The lowest BCUT2D eigenvalue weighted by Crippen LogP contribution is -2.27. The molecule has 0 bridgehead atoms. The lowest BCUT2D eigenvalue weighted by atomic mass is 9.98. The number of epoxide rings is 1. The van der Waals surface area contributed by atoms with Gasteiger partial charge in [-0.2, -0.15) is 0 Å². The van der Waals surface area contributed by atoms with Crippen LogP contribution in [0.2, 0.25) is 0 Å². The first-order valence-corrected chi connectivity index (χ1v) is 8.86. The third-order valence-electron chi connectivity index (χ3n) is 3.49. The van der Waals surface area contributed by atoms with E-state index in [1.807, 2.05) is 20.8 Å². The molecule has 1 fully saturated rings. The molecule has 21 heavy (non-hydrogen) atoms. The normalized spacial score (nSPS) is 24.6. The smallest absolute Gasteiger partial charge is 0.175 e. The maximum absolute atomic E-state index is 11.5. The van der Waals surface area contributed by atoms with E-state index in [1.165, 1.54) is 6.26 Å². The third-order valence-corrected chi connectivity index (χ3v) is 4.62. The molecule has 1 aliphatic rings. The summed E-state index contributed by atoms with van der Waals surface area (Å²) in [7, 11) is -3.19. The van der Waals surface area contributed by atoms with Crippen molar-refractivity contribution in [2.24, 2.45) is 0 Å².